The maximum atomic E-state index is 12.6. The SMILES string of the molecule is COCOc1cc2c(c(O)c1CO)C(=O)c1ccccc1C2=O. The van der Waals surface area contributed by atoms with E-state index in [1.54, 1.807) is 18.2 Å². The van der Waals surface area contributed by atoms with Crippen LogP contribution >= 0.6 is 0 Å². The van der Waals surface area contributed by atoms with Crippen molar-refractivity contribution < 1.29 is 29.3 Å². The van der Waals surface area contributed by atoms with Crippen molar-refractivity contribution in [1.29, 1.82) is 0 Å². The van der Waals surface area contributed by atoms with E-state index in [0.717, 1.165) is 0 Å². The van der Waals surface area contributed by atoms with Crippen LogP contribution in [-0.2, 0) is 11.3 Å². The van der Waals surface area contributed by atoms with Gasteiger partial charge in [-0.3, -0.25) is 9.59 Å². The van der Waals surface area contributed by atoms with E-state index in [1.807, 2.05) is 0 Å². The minimum absolute atomic E-state index is 0.0429. The van der Waals surface area contributed by atoms with E-state index < -0.39 is 18.1 Å². The number of rotatable bonds is 4. The average molecular weight is 314 g/mol. The van der Waals surface area contributed by atoms with Crippen molar-refractivity contribution in [2.24, 2.45) is 0 Å². The number of aromatic hydroxyl groups is 1. The number of ketones is 2. The predicted molar refractivity (Wildman–Crippen MR) is 79.8 cm³/mol. The highest BCUT2D eigenvalue weighted by molar-refractivity contribution is 6.29. The second-order valence-corrected chi connectivity index (χ2v) is 5.04. The first-order valence-corrected chi connectivity index (χ1v) is 6.90. The molecule has 0 radical (unpaired) electrons. The van der Waals surface area contributed by atoms with Gasteiger partial charge in [-0.15, -0.1) is 0 Å². The Hall–Kier alpha value is -2.70. The lowest BCUT2D eigenvalue weighted by Gasteiger charge is -2.21. The summed E-state index contributed by atoms with van der Waals surface area (Å²) in [5.41, 5.74) is 0.493. The zero-order chi connectivity index (χ0) is 16.6. The van der Waals surface area contributed by atoms with Gasteiger partial charge in [0.05, 0.1) is 17.7 Å². The molecule has 2 aromatic carbocycles. The maximum Gasteiger partial charge on any atom is 0.198 e. The standard InChI is InChI=1S/C17H14O6/c1-22-8-23-13-6-11-14(17(21)12(13)7-18)16(20)10-5-3-2-4-9(10)15(11)19/h2-6,18,21H,7-8H2,1H3. The Balaban J connectivity index is 2.24. The summed E-state index contributed by atoms with van der Waals surface area (Å²) < 4.78 is 10.1. The third kappa shape index (κ3) is 2.28. The molecular weight excluding hydrogens is 300 g/mol. The van der Waals surface area contributed by atoms with Gasteiger partial charge >= 0.3 is 0 Å². The van der Waals surface area contributed by atoms with Gasteiger partial charge in [0.2, 0.25) is 0 Å². The zero-order valence-electron chi connectivity index (χ0n) is 12.3. The molecule has 0 saturated heterocycles. The number of phenols is 1. The monoisotopic (exact) mass is 314 g/mol. The minimum atomic E-state index is -0.540. The van der Waals surface area contributed by atoms with Crippen LogP contribution in [0.2, 0.25) is 0 Å². The van der Waals surface area contributed by atoms with E-state index in [0.29, 0.717) is 0 Å². The van der Waals surface area contributed by atoms with Crippen LogP contribution < -0.4 is 4.74 Å². The van der Waals surface area contributed by atoms with Crippen molar-refractivity contribution in [1.82, 2.24) is 0 Å². The first-order valence-electron chi connectivity index (χ1n) is 6.90. The molecule has 2 N–H and O–H groups in total. The Morgan fingerprint density at radius 1 is 1.04 bits per heavy atom. The first kappa shape index (κ1) is 15.2. The Morgan fingerprint density at radius 2 is 1.70 bits per heavy atom. The number of hydrogen-bond acceptors (Lipinski definition) is 6. The third-order valence-corrected chi connectivity index (χ3v) is 3.74. The molecule has 0 atom stereocenters. The lowest BCUT2D eigenvalue weighted by Crippen LogP contribution is -2.22. The lowest BCUT2D eigenvalue weighted by molar-refractivity contribution is 0.0491. The molecule has 0 fully saturated rings. The van der Waals surface area contributed by atoms with Crippen molar-refractivity contribution in [2.75, 3.05) is 13.9 Å². The largest absolute Gasteiger partial charge is 0.507 e. The van der Waals surface area contributed by atoms with Crippen molar-refractivity contribution in [2.45, 2.75) is 6.61 Å². The molecule has 1 aliphatic rings. The number of aliphatic hydroxyl groups is 1. The van der Waals surface area contributed by atoms with Crippen molar-refractivity contribution in [3.63, 3.8) is 0 Å². The number of aliphatic hydroxyl groups excluding tert-OH is 1. The average Bonchev–Trinajstić information content (AvgIpc) is 2.57. The van der Waals surface area contributed by atoms with Crippen LogP contribution in [0.3, 0.4) is 0 Å². The minimum Gasteiger partial charge on any atom is -0.507 e. The van der Waals surface area contributed by atoms with Crippen LogP contribution in [0.1, 0.15) is 37.4 Å². The molecule has 0 spiro atoms. The van der Waals surface area contributed by atoms with Crippen LogP contribution in [-0.4, -0.2) is 35.7 Å². The van der Waals surface area contributed by atoms with Gasteiger partial charge < -0.3 is 19.7 Å². The molecule has 6 heteroatoms. The van der Waals surface area contributed by atoms with Crippen LogP contribution in [0, 0.1) is 0 Å². The van der Waals surface area contributed by atoms with Gasteiger partial charge in [0.25, 0.3) is 0 Å². The molecule has 0 aromatic heterocycles. The molecule has 1 aliphatic carbocycles. The summed E-state index contributed by atoms with van der Waals surface area (Å²) in [6, 6.07) is 7.77. The normalized spacial score (nSPS) is 12.8. The van der Waals surface area contributed by atoms with E-state index in [1.165, 1.54) is 19.2 Å². The van der Waals surface area contributed by atoms with Crippen molar-refractivity contribution in [3.8, 4) is 11.5 Å². The van der Waals surface area contributed by atoms with Gasteiger partial charge in [-0.1, -0.05) is 24.3 Å². The number of methoxy groups -OCH3 is 1. The molecule has 0 unspecified atom stereocenters. The van der Waals surface area contributed by atoms with E-state index in [4.69, 9.17) is 9.47 Å². The Labute approximate surface area is 131 Å². The van der Waals surface area contributed by atoms with Crippen molar-refractivity contribution >= 4 is 11.6 Å². The van der Waals surface area contributed by atoms with Crippen LogP contribution in [0.15, 0.2) is 30.3 Å². The van der Waals surface area contributed by atoms with Gasteiger partial charge in [0.1, 0.15) is 11.5 Å². The Morgan fingerprint density at radius 3 is 2.30 bits per heavy atom. The molecule has 0 aliphatic heterocycles. The molecule has 0 saturated carbocycles. The topological polar surface area (TPSA) is 93.1 Å². The van der Waals surface area contributed by atoms with E-state index >= 15 is 0 Å². The van der Waals surface area contributed by atoms with E-state index in [9.17, 15) is 19.8 Å². The fraction of sp³-hybridized carbons (Fsp3) is 0.176. The van der Waals surface area contributed by atoms with Crippen LogP contribution in [0.25, 0.3) is 0 Å². The van der Waals surface area contributed by atoms with Gasteiger partial charge in [-0.2, -0.15) is 0 Å². The number of carbonyl (C=O) groups excluding carboxylic acids is 2. The summed E-state index contributed by atoms with van der Waals surface area (Å²) in [4.78, 5) is 25.2. The van der Waals surface area contributed by atoms with Gasteiger partial charge in [-0.05, 0) is 6.07 Å². The van der Waals surface area contributed by atoms with E-state index in [2.05, 4.69) is 0 Å². The van der Waals surface area contributed by atoms with E-state index in [-0.39, 0.29) is 46.1 Å². The molecule has 6 nitrogen and oxygen atoms in total. The number of hydrogen-bond donors (Lipinski definition) is 2. The highest BCUT2D eigenvalue weighted by Crippen LogP contribution is 2.39. The number of ether oxygens (including phenoxy) is 2. The quantitative estimate of drug-likeness (QED) is 0.711. The number of benzene rings is 2. The highest BCUT2D eigenvalue weighted by atomic mass is 16.7. The molecule has 118 valence electrons. The summed E-state index contributed by atoms with van der Waals surface area (Å²) in [6.07, 6.45) is 0. The smallest absolute Gasteiger partial charge is 0.198 e. The summed E-state index contributed by atoms with van der Waals surface area (Å²) in [6.45, 7) is -0.661. The molecule has 23 heavy (non-hydrogen) atoms. The van der Waals surface area contributed by atoms with Gasteiger partial charge in [0, 0.05) is 23.8 Å². The van der Waals surface area contributed by atoms with Crippen molar-refractivity contribution in [3.05, 3.63) is 58.1 Å². The summed E-state index contributed by atoms with van der Waals surface area (Å²) in [5, 5.41) is 19.8. The Bertz CT molecular complexity index is 809. The summed E-state index contributed by atoms with van der Waals surface area (Å²) in [5.74, 6) is -1.17. The fourth-order valence-electron chi connectivity index (χ4n) is 2.66. The number of carbonyl (C=O) groups is 2. The molecule has 3 rings (SSSR count). The van der Waals surface area contributed by atoms with Gasteiger partial charge in [0.15, 0.2) is 18.4 Å². The zero-order valence-corrected chi connectivity index (χ0v) is 12.3. The molecular formula is C17H14O6. The summed E-state index contributed by atoms with van der Waals surface area (Å²) in [7, 11) is 1.42. The number of fused-ring (bicyclic) bond motifs is 2. The molecule has 0 bridgehead atoms. The third-order valence-electron chi connectivity index (χ3n) is 3.74. The molecule has 0 heterocycles. The van der Waals surface area contributed by atoms with Crippen LogP contribution in [0.4, 0.5) is 0 Å². The second kappa shape index (κ2) is 5.83. The fourth-order valence-corrected chi connectivity index (χ4v) is 2.66. The van der Waals surface area contributed by atoms with Crippen LogP contribution in [0.5, 0.6) is 11.5 Å². The first-order chi connectivity index (χ1) is 11.1. The molecule has 0 amide bonds. The predicted octanol–water partition coefficient (Wildman–Crippen LogP) is 1.64. The maximum absolute atomic E-state index is 12.6. The Kier molecular flexibility index (Phi) is 3.85. The van der Waals surface area contributed by atoms with Gasteiger partial charge in [-0.25, -0.2) is 0 Å². The highest BCUT2D eigenvalue weighted by Gasteiger charge is 2.34. The second-order valence-electron chi connectivity index (χ2n) is 5.04. The molecule has 2 aromatic rings. The summed E-state index contributed by atoms with van der Waals surface area (Å²) >= 11 is 0. The lowest BCUT2D eigenvalue weighted by atomic mass is 9.82.